The van der Waals surface area contributed by atoms with Crippen molar-refractivity contribution in [1.82, 2.24) is 25.4 Å². The third-order valence-electron chi connectivity index (χ3n) is 4.97. The summed E-state index contributed by atoms with van der Waals surface area (Å²) in [6, 6.07) is 0.516. The molecule has 8 heteroatoms. The molecule has 0 amide bonds. The van der Waals surface area contributed by atoms with Crippen molar-refractivity contribution in [2.45, 2.75) is 40.2 Å². The first-order valence-electron chi connectivity index (χ1n) is 9.37. The summed E-state index contributed by atoms with van der Waals surface area (Å²) in [6.07, 6.45) is 0.939. The molecule has 0 radical (unpaired) electrons. The smallest absolute Gasteiger partial charge is 0.191 e. The van der Waals surface area contributed by atoms with Crippen LogP contribution in [0.2, 0.25) is 0 Å². The Kier molecular flexibility index (Phi) is 11.0. The molecule has 26 heavy (non-hydrogen) atoms. The lowest BCUT2D eigenvalue weighted by molar-refractivity contribution is 0.107. The number of rotatable bonds is 7. The monoisotopic (exact) mass is 494 g/mol. The highest BCUT2D eigenvalue weighted by atomic mass is 127. The van der Waals surface area contributed by atoms with Gasteiger partial charge in [-0.05, 0) is 27.3 Å². The van der Waals surface area contributed by atoms with Crippen LogP contribution >= 0.6 is 35.3 Å². The van der Waals surface area contributed by atoms with Crippen molar-refractivity contribution < 1.29 is 0 Å². The van der Waals surface area contributed by atoms with Crippen LogP contribution in [0.4, 0.5) is 0 Å². The Morgan fingerprint density at radius 1 is 1.23 bits per heavy atom. The molecular formula is C18H35IN6S. The van der Waals surface area contributed by atoms with Gasteiger partial charge in [-0.15, -0.1) is 35.3 Å². The number of halogens is 1. The number of piperazine rings is 1. The number of guanidine groups is 1. The zero-order valence-corrected chi connectivity index (χ0v) is 20.0. The minimum Gasteiger partial charge on any atom is -0.356 e. The van der Waals surface area contributed by atoms with Gasteiger partial charge in [0.15, 0.2) is 5.96 Å². The summed E-state index contributed by atoms with van der Waals surface area (Å²) < 4.78 is 0. The molecule has 1 aliphatic heterocycles. The van der Waals surface area contributed by atoms with Gasteiger partial charge in [0.2, 0.25) is 0 Å². The minimum atomic E-state index is 0. The van der Waals surface area contributed by atoms with E-state index in [9.17, 15) is 0 Å². The van der Waals surface area contributed by atoms with E-state index in [1.54, 1.807) is 11.3 Å². The van der Waals surface area contributed by atoms with E-state index in [-0.39, 0.29) is 24.0 Å². The summed E-state index contributed by atoms with van der Waals surface area (Å²) >= 11 is 1.79. The van der Waals surface area contributed by atoms with Crippen LogP contribution in [0.3, 0.4) is 0 Å². The van der Waals surface area contributed by atoms with E-state index in [0.29, 0.717) is 6.04 Å². The van der Waals surface area contributed by atoms with Gasteiger partial charge in [-0.2, -0.15) is 0 Å². The fourth-order valence-electron chi connectivity index (χ4n) is 3.05. The molecule has 1 aromatic heterocycles. The van der Waals surface area contributed by atoms with Gasteiger partial charge in [-0.3, -0.25) is 9.89 Å². The second-order valence-electron chi connectivity index (χ2n) is 6.70. The second-order valence-corrected chi connectivity index (χ2v) is 7.99. The Hall–Kier alpha value is -0.450. The highest BCUT2D eigenvalue weighted by molar-refractivity contribution is 14.0. The van der Waals surface area contributed by atoms with Crippen LogP contribution in [0, 0.1) is 13.8 Å². The molecule has 2 N–H and O–H groups in total. The number of thiazole rings is 1. The largest absolute Gasteiger partial charge is 0.356 e. The van der Waals surface area contributed by atoms with Crippen molar-refractivity contribution in [3.8, 4) is 0 Å². The van der Waals surface area contributed by atoms with Crippen molar-refractivity contribution >= 4 is 41.3 Å². The number of aryl methyl sites for hydroxylation is 2. The molecule has 6 nitrogen and oxygen atoms in total. The maximum atomic E-state index is 4.59. The Balaban J connectivity index is 0.00000338. The Labute approximate surface area is 179 Å². The van der Waals surface area contributed by atoms with Gasteiger partial charge in [0.25, 0.3) is 0 Å². The van der Waals surface area contributed by atoms with Crippen LogP contribution in [0.1, 0.15) is 29.4 Å². The zero-order chi connectivity index (χ0) is 18.2. The van der Waals surface area contributed by atoms with E-state index in [2.05, 4.69) is 58.1 Å². The van der Waals surface area contributed by atoms with E-state index >= 15 is 0 Å². The molecule has 1 aromatic rings. The number of aromatic nitrogens is 1. The van der Waals surface area contributed by atoms with E-state index in [4.69, 9.17) is 0 Å². The molecule has 150 valence electrons. The minimum absolute atomic E-state index is 0. The van der Waals surface area contributed by atoms with Crippen LogP contribution in [-0.2, 0) is 6.42 Å². The van der Waals surface area contributed by atoms with Crippen LogP contribution < -0.4 is 10.6 Å². The third-order valence-corrected chi connectivity index (χ3v) is 6.10. The molecule has 0 aliphatic carbocycles. The predicted octanol–water partition coefficient (Wildman–Crippen LogP) is 2.11. The van der Waals surface area contributed by atoms with Gasteiger partial charge >= 0.3 is 0 Å². The molecule has 2 heterocycles. The standard InChI is InChI=1S/C18H34N6S.HI/c1-6-23-9-11-24(12-10-23)14(2)13-21-18(19-5)20-8-7-17-22-15(3)16(4)25-17;/h14H,6-13H2,1-5H3,(H2,19,20,21);1H. The summed E-state index contributed by atoms with van der Waals surface area (Å²) in [4.78, 5) is 15.3. The Morgan fingerprint density at radius 2 is 1.92 bits per heavy atom. The third kappa shape index (κ3) is 7.28. The Bertz CT molecular complexity index is 534. The topological polar surface area (TPSA) is 55.8 Å². The van der Waals surface area contributed by atoms with E-state index < -0.39 is 0 Å². The molecule has 1 aliphatic rings. The summed E-state index contributed by atoms with van der Waals surface area (Å²) in [5.41, 5.74) is 1.15. The lowest BCUT2D eigenvalue weighted by atomic mass is 10.2. The van der Waals surface area contributed by atoms with Crippen LogP contribution in [-0.4, -0.2) is 79.6 Å². The fraction of sp³-hybridized carbons (Fsp3) is 0.778. The fourth-order valence-corrected chi connectivity index (χ4v) is 3.98. The first-order chi connectivity index (χ1) is 12.0. The molecule has 0 spiro atoms. The van der Waals surface area contributed by atoms with Gasteiger partial charge in [-0.25, -0.2) is 4.98 Å². The number of hydrogen-bond donors (Lipinski definition) is 2. The number of nitrogens with zero attached hydrogens (tertiary/aromatic N) is 4. The summed E-state index contributed by atoms with van der Waals surface area (Å²) in [5, 5.41) is 8.06. The van der Waals surface area contributed by atoms with E-state index in [1.165, 1.54) is 23.0 Å². The van der Waals surface area contributed by atoms with Crippen molar-refractivity contribution in [2.24, 2.45) is 4.99 Å². The van der Waals surface area contributed by atoms with Crippen molar-refractivity contribution in [3.05, 3.63) is 15.6 Å². The maximum Gasteiger partial charge on any atom is 0.191 e. The van der Waals surface area contributed by atoms with Crippen molar-refractivity contribution in [1.29, 1.82) is 0 Å². The molecule has 1 atom stereocenters. The number of hydrogen-bond acceptors (Lipinski definition) is 5. The van der Waals surface area contributed by atoms with E-state index in [1.807, 2.05) is 7.05 Å². The zero-order valence-electron chi connectivity index (χ0n) is 16.8. The van der Waals surface area contributed by atoms with Gasteiger partial charge in [-0.1, -0.05) is 6.92 Å². The van der Waals surface area contributed by atoms with Crippen molar-refractivity contribution in [2.75, 3.05) is 52.9 Å². The average Bonchev–Trinajstić information content (AvgIpc) is 2.95. The molecule has 1 saturated heterocycles. The predicted molar refractivity (Wildman–Crippen MR) is 123 cm³/mol. The molecule has 0 aromatic carbocycles. The first kappa shape index (κ1) is 23.6. The molecule has 2 rings (SSSR count). The quantitative estimate of drug-likeness (QED) is 0.346. The summed E-state index contributed by atoms with van der Waals surface area (Å²) in [5.74, 6) is 0.879. The van der Waals surface area contributed by atoms with Gasteiger partial charge in [0.05, 0.1) is 10.7 Å². The van der Waals surface area contributed by atoms with Crippen LogP contribution in [0.5, 0.6) is 0 Å². The van der Waals surface area contributed by atoms with Gasteiger partial charge < -0.3 is 15.5 Å². The molecule has 1 unspecified atom stereocenters. The lowest BCUT2D eigenvalue weighted by Gasteiger charge is -2.37. The molecule has 0 bridgehead atoms. The van der Waals surface area contributed by atoms with Gasteiger partial charge in [0, 0.05) is 63.7 Å². The average molecular weight is 494 g/mol. The number of likely N-dealkylation sites (N-methyl/N-ethyl adjacent to an activating group) is 1. The van der Waals surface area contributed by atoms with Crippen molar-refractivity contribution in [3.63, 3.8) is 0 Å². The SMILES string of the molecule is CCN1CCN(C(C)CNC(=NC)NCCc2nc(C)c(C)s2)CC1.I. The summed E-state index contributed by atoms with van der Waals surface area (Å²) in [7, 11) is 1.83. The second kappa shape index (κ2) is 12.1. The molecule has 1 fully saturated rings. The highest BCUT2D eigenvalue weighted by Crippen LogP contribution is 2.16. The summed E-state index contributed by atoms with van der Waals surface area (Å²) in [6.45, 7) is 16.4. The highest BCUT2D eigenvalue weighted by Gasteiger charge is 2.20. The maximum absolute atomic E-state index is 4.59. The molecule has 0 saturated carbocycles. The van der Waals surface area contributed by atoms with Crippen LogP contribution in [0.25, 0.3) is 0 Å². The molecular weight excluding hydrogens is 459 g/mol. The number of aliphatic imine (C=N–C) groups is 1. The lowest BCUT2D eigenvalue weighted by Crippen LogP contribution is -2.53. The normalized spacial score (nSPS) is 17.7. The Morgan fingerprint density at radius 3 is 2.46 bits per heavy atom. The van der Waals surface area contributed by atoms with Gasteiger partial charge in [0.1, 0.15) is 0 Å². The van der Waals surface area contributed by atoms with E-state index in [0.717, 1.165) is 50.8 Å². The number of nitrogens with one attached hydrogen (secondary N) is 2. The van der Waals surface area contributed by atoms with Crippen LogP contribution in [0.15, 0.2) is 4.99 Å². The first-order valence-corrected chi connectivity index (χ1v) is 10.2.